The van der Waals surface area contributed by atoms with Gasteiger partial charge in [-0.25, -0.2) is 0 Å². The summed E-state index contributed by atoms with van der Waals surface area (Å²) in [5.41, 5.74) is 1.93. The van der Waals surface area contributed by atoms with E-state index in [9.17, 15) is 4.79 Å². The number of Topliss-reactive ketones (excluding diaryl/α,β-unsaturated/α-hetero) is 1. The summed E-state index contributed by atoms with van der Waals surface area (Å²) in [6, 6.07) is 7.78. The van der Waals surface area contributed by atoms with E-state index in [2.05, 4.69) is 0 Å². The molecule has 0 bridgehead atoms. The first-order chi connectivity index (χ1) is 7.77. The van der Waals surface area contributed by atoms with Gasteiger partial charge in [-0.1, -0.05) is 24.3 Å². The molecule has 2 heteroatoms. The maximum atomic E-state index is 12.0. The minimum Gasteiger partial charge on any atom is -0.378 e. The van der Waals surface area contributed by atoms with Crippen LogP contribution >= 0.6 is 0 Å². The summed E-state index contributed by atoms with van der Waals surface area (Å²) in [5.74, 6) is 0.244. The number of carbonyl (C=O) groups is 1. The van der Waals surface area contributed by atoms with Crippen molar-refractivity contribution in [3.63, 3.8) is 0 Å². The Bertz CT molecular complexity index is 365. The summed E-state index contributed by atoms with van der Waals surface area (Å²) in [7, 11) is 0. The van der Waals surface area contributed by atoms with Crippen LogP contribution in [0.4, 0.5) is 0 Å². The number of ether oxygens (including phenoxy) is 1. The Balaban J connectivity index is 1.90. The monoisotopic (exact) mass is 218 g/mol. The molecule has 0 aromatic heterocycles. The highest BCUT2D eigenvalue weighted by Gasteiger charge is 2.17. The van der Waals surface area contributed by atoms with Gasteiger partial charge in [0.1, 0.15) is 0 Å². The van der Waals surface area contributed by atoms with Crippen molar-refractivity contribution in [2.24, 2.45) is 0 Å². The normalized spacial score (nSPS) is 19.9. The van der Waals surface area contributed by atoms with Crippen molar-refractivity contribution in [2.75, 3.05) is 6.61 Å². The molecule has 16 heavy (non-hydrogen) atoms. The lowest BCUT2D eigenvalue weighted by Gasteiger charge is -2.09. The highest BCUT2D eigenvalue weighted by Crippen LogP contribution is 2.19. The minimum atomic E-state index is 0.244. The lowest BCUT2D eigenvalue weighted by Crippen LogP contribution is -2.09. The summed E-state index contributed by atoms with van der Waals surface area (Å²) in [4.78, 5) is 12.0. The smallest absolute Gasteiger partial charge is 0.163 e. The second-order valence-corrected chi connectivity index (χ2v) is 4.41. The second kappa shape index (κ2) is 5.26. The predicted octanol–water partition coefficient (Wildman–Crippen LogP) is 3.14. The van der Waals surface area contributed by atoms with Gasteiger partial charge in [-0.05, 0) is 31.7 Å². The van der Waals surface area contributed by atoms with Gasteiger partial charge < -0.3 is 4.74 Å². The molecule has 1 unspecified atom stereocenters. The van der Waals surface area contributed by atoms with Gasteiger partial charge in [0.2, 0.25) is 0 Å². The molecule has 0 N–H and O–H groups in total. The fraction of sp³-hybridized carbons (Fsp3) is 0.500. The molecule has 0 radical (unpaired) electrons. The average molecular weight is 218 g/mol. The Kier molecular flexibility index (Phi) is 3.73. The van der Waals surface area contributed by atoms with Gasteiger partial charge in [0.05, 0.1) is 6.10 Å². The Labute approximate surface area is 96.6 Å². The van der Waals surface area contributed by atoms with Crippen molar-refractivity contribution in [1.29, 1.82) is 0 Å². The van der Waals surface area contributed by atoms with Crippen molar-refractivity contribution in [2.45, 2.75) is 38.7 Å². The molecule has 1 fully saturated rings. The summed E-state index contributed by atoms with van der Waals surface area (Å²) in [6.45, 7) is 2.85. The van der Waals surface area contributed by atoms with E-state index in [1.54, 1.807) is 0 Å². The van der Waals surface area contributed by atoms with E-state index < -0.39 is 0 Å². The topological polar surface area (TPSA) is 26.3 Å². The molecule has 86 valence electrons. The van der Waals surface area contributed by atoms with Gasteiger partial charge in [-0.3, -0.25) is 4.79 Å². The summed E-state index contributed by atoms with van der Waals surface area (Å²) < 4.78 is 5.52. The number of ketones is 1. The Hall–Kier alpha value is -1.15. The van der Waals surface area contributed by atoms with E-state index in [0.717, 1.165) is 37.0 Å². The lowest BCUT2D eigenvalue weighted by atomic mass is 10.00. The van der Waals surface area contributed by atoms with Crippen LogP contribution in [0.25, 0.3) is 0 Å². The number of rotatable bonds is 4. The van der Waals surface area contributed by atoms with Gasteiger partial charge in [0, 0.05) is 18.6 Å². The standard InChI is InChI=1S/C14H18O2/c1-11-5-2-3-7-13(11)14(15)9-8-12-6-4-10-16-12/h2-3,5,7,12H,4,6,8-10H2,1H3. The Morgan fingerprint density at radius 2 is 2.25 bits per heavy atom. The number of carbonyl (C=O) groups excluding carboxylic acids is 1. The molecule has 2 nitrogen and oxygen atoms in total. The SMILES string of the molecule is Cc1ccccc1C(=O)CCC1CCCO1. The van der Waals surface area contributed by atoms with Crippen molar-refractivity contribution in [1.82, 2.24) is 0 Å². The van der Waals surface area contributed by atoms with E-state index >= 15 is 0 Å². The maximum absolute atomic E-state index is 12.0. The molecule has 1 saturated heterocycles. The first kappa shape index (κ1) is 11.3. The first-order valence-electron chi connectivity index (χ1n) is 5.98. The van der Waals surface area contributed by atoms with Crippen LogP contribution in [0, 0.1) is 6.92 Å². The molecular formula is C14H18O2. The van der Waals surface area contributed by atoms with Crippen LogP contribution in [-0.4, -0.2) is 18.5 Å². The molecule has 0 amide bonds. The summed E-state index contributed by atoms with van der Waals surface area (Å²) in [6.07, 6.45) is 4.04. The molecule has 1 heterocycles. The van der Waals surface area contributed by atoms with E-state index in [1.807, 2.05) is 31.2 Å². The van der Waals surface area contributed by atoms with Gasteiger partial charge in [0.25, 0.3) is 0 Å². The van der Waals surface area contributed by atoms with Crippen LogP contribution in [0.5, 0.6) is 0 Å². The summed E-state index contributed by atoms with van der Waals surface area (Å²) in [5, 5.41) is 0. The van der Waals surface area contributed by atoms with Gasteiger partial charge in [-0.15, -0.1) is 0 Å². The van der Waals surface area contributed by atoms with Crippen LogP contribution in [0.3, 0.4) is 0 Å². The third kappa shape index (κ3) is 2.70. The third-order valence-corrected chi connectivity index (χ3v) is 3.16. The molecule has 1 aromatic carbocycles. The van der Waals surface area contributed by atoms with Crippen LogP contribution in [-0.2, 0) is 4.74 Å². The highest BCUT2D eigenvalue weighted by molar-refractivity contribution is 5.97. The van der Waals surface area contributed by atoms with Crippen LogP contribution in [0.2, 0.25) is 0 Å². The van der Waals surface area contributed by atoms with Crippen molar-refractivity contribution >= 4 is 5.78 Å². The van der Waals surface area contributed by atoms with Crippen LogP contribution in [0.1, 0.15) is 41.6 Å². The number of benzene rings is 1. The van der Waals surface area contributed by atoms with E-state index in [1.165, 1.54) is 0 Å². The Morgan fingerprint density at radius 3 is 2.94 bits per heavy atom. The van der Waals surface area contributed by atoms with Gasteiger partial charge >= 0.3 is 0 Å². The molecule has 0 saturated carbocycles. The molecule has 0 spiro atoms. The molecule has 2 rings (SSSR count). The molecule has 1 aliphatic heterocycles. The lowest BCUT2D eigenvalue weighted by molar-refractivity contribution is 0.0859. The average Bonchev–Trinajstić information content (AvgIpc) is 2.79. The molecule has 1 atom stereocenters. The summed E-state index contributed by atoms with van der Waals surface area (Å²) >= 11 is 0. The molecular weight excluding hydrogens is 200 g/mol. The van der Waals surface area contributed by atoms with Gasteiger partial charge in [0.15, 0.2) is 5.78 Å². The van der Waals surface area contributed by atoms with Crippen molar-refractivity contribution in [3.8, 4) is 0 Å². The van der Waals surface area contributed by atoms with Crippen molar-refractivity contribution < 1.29 is 9.53 Å². The third-order valence-electron chi connectivity index (χ3n) is 3.16. The van der Waals surface area contributed by atoms with Crippen molar-refractivity contribution in [3.05, 3.63) is 35.4 Å². The van der Waals surface area contributed by atoms with E-state index in [0.29, 0.717) is 12.5 Å². The quantitative estimate of drug-likeness (QED) is 0.726. The highest BCUT2D eigenvalue weighted by atomic mass is 16.5. The Morgan fingerprint density at radius 1 is 1.44 bits per heavy atom. The fourth-order valence-electron chi connectivity index (χ4n) is 2.18. The maximum Gasteiger partial charge on any atom is 0.163 e. The largest absolute Gasteiger partial charge is 0.378 e. The zero-order valence-corrected chi connectivity index (χ0v) is 9.74. The zero-order valence-electron chi connectivity index (χ0n) is 9.74. The first-order valence-corrected chi connectivity index (χ1v) is 5.98. The molecule has 1 aromatic rings. The van der Waals surface area contributed by atoms with E-state index in [-0.39, 0.29) is 5.78 Å². The van der Waals surface area contributed by atoms with Gasteiger partial charge in [-0.2, -0.15) is 0 Å². The number of hydrogen-bond donors (Lipinski definition) is 0. The second-order valence-electron chi connectivity index (χ2n) is 4.41. The molecule has 0 aliphatic carbocycles. The minimum absolute atomic E-state index is 0.244. The predicted molar refractivity (Wildman–Crippen MR) is 63.7 cm³/mol. The zero-order chi connectivity index (χ0) is 11.4. The van der Waals surface area contributed by atoms with E-state index in [4.69, 9.17) is 4.74 Å². The molecule has 1 aliphatic rings. The number of aryl methyl sites for hydroxylation is 1. The number of hydrogen-bond acceptors (Lipinski definition) is 2. The van der Waals surface area contributed by atoms with Crippen LogP contribution < -0.4 is 0 Å². The van der Waals surface area contributed by atoms with Crippen LogP contribution in [0.15, 0.2) is 24.3 Å². The fourth-order valence-corrected chi connectivity index (χ4v) is 2.18.